The second kappa shape index (κ2) is 21.6. The number of ketones is 1. The van der Waals surface area contributed by atoms with E-state index in [1.807, 2.05) is 7.05 Å². The number of imide groups is 1. The molecule has 14 nitrogen and oxygen atoms in total. The van der Waals surface area contributed by atoms with Crippen LogP contribution in [0.4, 0.5) is 9.59 Å². The van der Waals surface area contributed by atoms with Crippen molar-refractivity contribution in [2.75, 3.05) is 59.6 Å². The summed E-state index contributed by atoms with van der Waals surface area (Å²) in [5, 5.41) is 10.7. The summed E-state index contributed by atoms with van der Waals surface area (Å²) in [4.78, 5) is 67.7. The van der Waals surface area contributed by atoms with Crippen LogP contribution in [0.5, 0.6) is 0 Å². The lowest BCUT2D eigenvalue weighted by molar-refractivity contribution is -0.137. The van der Waals surface area contributed by atoms with Crippen molar-refractivity contribution in [2.45, 2.75) is 46.1 Å². The van der Waals surface area contributed by atoms with E-state index in [0.29, 0.717) is 39.0 Å². The van der Waals surface area contributed by atoms with Gasteiger partial charge in [0.2, 0.25) is 5.91 Å². The molecular formula is C24H41N5O9. The summed E-state index contributed by atoms with van der Waals surface area (Å²) in [5.74, 6) is -0.748. The van der Waals surface area contributed by atoms with E-state index in [0.717, 1.165) is 4.90 Å². The van der Waals surface area contributed by atoms with Gasteiger partial charge in [-0.05, 0) is 34.2 Å². The highest BCUT2D eigenvalue weighted by Gasteiger charge is 2.22. The van der Waals surface area contributed by atoms with Gasteiger partial charge in [-0.15, -0.1) is 0 Å². The third-order valence-corrected chi connectivity index (χ3v) is 4.63. The summed E-state index contributed by atoms with van der Waals surface area (Å²) in [6, 6.07) is 0. The number of hydrogen-bond donors (Lipinski definition) is 4. The summed E-state index contributed by atoms with van der Waals surface area (Å²) in [5.41, 5.74) is 0. The first-order valence-corrected chi connectivity index (χ1v) is 12.5. The van der Waals surface area contributed by atoms with E-state index in [1.54, 1.807) is 13.8 Å². The van der Waals surface area contributed by atoms with Crippen LogP contribution in [0.2, 0.25) is 0 Å². The van der Waals surface area contributed by atoms with Crippen LogP contribution in [-0.4, -0.2) is 106 Å². The number of alkyl carbamates (subject to hydrolysis) is 2. The van der Waals surface area contributed by atoms with E-state index in [9.17, 15) is 28.8 Å². The highest BCUT2D eigenvalue weighted by molar-refractivity contribution is 6.13. The summed E-state index contributed by atoms with van der Waals surface area (Å²) < 4.78 is 15.6. The van der Waals surface area contributed by atoms with E-state index in [-0.39, 0.29) is 56.3 Å². The first-order valence-electron chi connectivity index (χ1n) is 12.5. The minimum Gasteiger partial charge on any atom is -0.447 e. The first kappa shape index (κ1) is 34.5. The Balaban J connectivity index is 0.000000942. The Labute approximate surface area is 223 Å². The molecule has 0 fully saturated rings. The molecule has 0 aliphatic carbocycles. The second-order valence-corrected chi connectivity index (χ2v) is 7.92. The quantitative estimate of drug-likeness (QED) is 0.142. The van der Waals surface area contributed by atoms with Gasteiger partial charge in [0, 0.05) is 64.3 Å². The number of nitrogens with zero attached hydrogens (tertiary/aromatic N) is 1. The third-order valence-electron chi connectivity index (χ3n) is 4.63. The van der Waals surface area contributed by atoms with Crippen molar-refractivity contribution in [1.82, 2.24) is 26.2 Å². The van der Waals surface area contributed by atoms with Gasteiger partial charge >= 0.3 is 12.2 Å². The van der Waals surface area contributed by atoms with Gasteiger partial charge in [-0.3, -0.25) is 24.1 Å². The maximum absolute atomic E-state index is 11.6. The van der Waals surface area contributed by atoms with Crippen molar-refractivity contribution in [3.05, 3.63) is 12.2 Å². The molecule has 0 aromatic rings. The topological polar surface area (TPSA) is 181 Å². The maximum atomic E-state index is 11.6. The van der Waals surface area contributed by atoms with Crippen molar-refractivity contribution in [1.29, 1.82) is 0 Å². The van der Waals surface area contributed by atoms with Gasteiger partial charge in [-0.25, -0.2) is 9.59 Å². The zero-order valence-electron chi connectivity index (χ0n) is 22.6. The van der Waals surface area contributed by atoms with Gasteiger partial charge in [0.15, 0.2) is 0 Å². The predicted octanol–water partition coefficient (Wildman–Crippen LogP) is -0.130. The zero-order valence-corrected chi connectivity index (χ0v) is 22.6. The van der Waals surface area contributed by atoms with Gasteiger partial charge in [0.25, 0.3) is 11.8 Å². The van der Waals surface area contributed by atoms with Crippen molar-refractivity contribution in [3.63, 3.8) is 0 Å². The van der Waals surface area contributed by atoms with Gasteiger partial charge < -0.3 is 35.5 Å². The molecule has 0 saturated carbocycles. The number of likely N-dealkylation sites (N-methyl/N-ethyl adjacent to an activating group) is 1. The molecule has 38 heavy (non-hydrogen) atoms. The molecule has 4 N–H and O–H groups in total. The van der Waals surface area contributed by atoms with Crippen LogP contribution in [0, 0.1) is 0 Å². The summed E-state index contributed by atoms with van der Waals surface area (Å²) in [6.07, 6.45) is 1.75. The average molecular weight is 544 g/mol. The number of hydrogen-bond acceptors (Lipinski definition) is 10. The van der Waals surface area contributed by atoms with Crippen LogP contribution in [0.15, 0.2) is 12.2 Å². The highest BCUT2D eigenvalue weighted by Crippen LogP contribution is 2.04. The Hall–Kier alpha value is -3.52. The van der Waals surface area contributed by atoms with Crippen molar-refractivity contribution in [3.8, 4) is 0 Å². The number of nitrogens with one attached hydrogen (secondary N) is 4. The summed E-state index contributed by atoms with van der Waals surface area (Å²) in [6.45, 7) is 7.51. The maximum Gasteiger partial charge on any atom is 0.407 e. The third kappa shape index (κ3) is 17.8. The predicted molar refractivity (Wildman–Crippen MR) is 137 cm³/mol. The van der Waals surface area contributed by atoms with E-state index in [4.69, 9.17) is 14.2 Å². The van der Waals surface area contributed by atoms with Crippen molar-refractivity contribution >= 4 is 35.7 Å². The van der Waals surface area contributed by atoms with Crippen molar-refractivity contribution < 1.29 is 43.0 Å². The lowest BCUT2D eigenvalue weighted by Gasteiger charge is -2.18. The lowest BCUT2D eigenvalue weighted by atomic mass is 10.3. The normalized spacial score (nSPS) is 12.1. The summed E-state index contributed by atoms with van der Waals surface area (Å²) >= 11 is 0. The smallest absolute Gasteiger partial charge is 0.407 e. The zero-order chi connectivity index (χ0) is 28.8. The molecule has 0 unspecified atom stereocenters. The Kier molecular flexibility index (Phi) is 19.6. The molecule has 0 bridgehead atoms. The van der Waals surface area contributed by atoms with Crippen LogP contribution in [-0.2, 0) is 33.4 Å². The largest absolute Gasteiger partial charge is 0.447 e. The van der Waals surface area contributed by atoms with Crippen LogP contribution in [0.25, 0.3) is 0 Å². The lowest BCUT2D eigenvalue weighted by Crippen LogP contribution is -2.34. The van der Waals surface area contributed by atoms with Crippen LogP contribution in [0.1, 0.15) is 40.0 Å². The van der Waals surface area contributed by atoms with E-state index >= 15 is 0 Å². The molecule has 1 aliphatic heterocycles. The van der Waals surface area contributed by atoms with Crippen molar-refractivity contribution in [2.24, 2.45) is 0 Å². The molecule has 0 atom stereocenters. The van der Waals surface area contributed by atoms with Crippen LogP contribution >= 0.6 is 0 Å². The number of carbonyl (C=O) groups excluding carboxylic acids is 6. The molecule has 1 heterocycles. The van der Waals surface area contributed by atoms with E-state index in [2.05, 4.69) is 21.3 Å². The monoisotopic (exact) mass is 543 g/mol. The highest BCUT2D eigenvalue weighted by atomic mass is 16.6. The second-order valence-electron chi connectivity index (χ2n) is 7.92. The SMILES string of the molecule is CC(=O)CCN1C(=O)C=CC1=O.CCNC(=O)OCC(COC(=O)NCC)OCCCC(=O)NCCNC. The molecule has 0 radical (unpaired) electrons. The van der Waals surface area contributed by atoms with Crippen LogP contribution < -0.4 is 21.3 Å². The number of carbonyl (C=O) groups is 6. The fourth-order valence-electron chi connectivity index (χ4n) is 2.69. The fourth-order valence-corrected chi connectivity index (χ4v) is 2.69. The molecule has 14 heteroatoms. The molecular weight excluding hydrogens is 502 g/mol. The molecule has 216 valence electrons. The Bertz CT molecular complexity index is 764. The van der Waals surface area contributed by atoms with Gasteiger partial charge in [0.1, 0.15) is 25.1 Å². The standard InChI is InChI=1S/C16H32N4O6.C8H9NO3/c1-4-18-15(22)25-11-13(12-26-16(23)19-5-2)24-10-6-7-14(21)20-9-8-17-3;1-6(10)4-5-9-7(11)2-3-8(9)12/h13,17H,4-12H2,1-3H3,(H,18,22)(H,19,23)(H,20,21);2-3H,4-5H2,1H3. The molecule has 1 rings (SSSR count). The van der Waals surface area contributed by atoms with E-state index in [1.165, 1.54) is 19.1 Å². The molecule has 1 aliphatic rings. The minimum absolute atomic E-state index is 0.0255. The molecule has 0 spiro atoms. The average Bonchev–Trinajstić information content (AvgIpc) is 3.19. The van der Waals surface area contributed by atoms with Crippen LogP contribution in [0.3, 0.4) is 0 Å². The number of rotatable bonds is 17. The number of Topliss-reactive ketones (excluding diaryl/α,β-unsaturated/α-hetero) is 1. The first-order chi connectivity index (χ1) is 18.1. The Morgan fingerprint density at radius 2 is 1.42 bits per heavy atom. The van der Waals surface area contributed by atoms with Gasteiger partial charge in [-0.1, -0.05) is 0 Å². The molecule has 0 aromatic heterocycles. The van der Waals surface area contributed by atoms with Gasteiger partial charge in [-0.2, -0.15) is 0 Å². The Morgan fingerprint density at radius 1 is 0.868 bits per heavy atom. The number of amides is 5. The molecule has 5 amide bonds. The fraction of sp³-hybridized carbons (Fsp3) is 0.667. The minimum atomic E-state index is -0.604. The Morgan fingerprint density at radius 3 is 1.89 bits per heavy atom. The molecule has 0 saturated heterocycles. The number of ether oxygens (including phenoxy) is 3. The molecule has 0 aromatic carbocycles. The van der Waals surface area contributed by atoms with E-state index < -0.39 is 18.3 Å². The summed E-state index contributed by atoms with van der Waals surface area (Å²) in [7, 11) is 1.81. The van der Waals surface area contributed by atoms with Gasteiger partial charge in [0.05, 0.1) is 0 Å².